The lowest BCUT2D eigenvalue weighted by atomic mass is 10.0. The summed E-state index contributed by atoms with van der Waals surface area (Å²) in [6.45, 7) is 12.3. The Kier molecular flexibility index (Phi) is 10.0. The quantitative estimate of drug-likeness (QED) is 0.192. The predicted molar refractivity (Wildman–Crippen MR) is 171 cm³/mol. The highest BCUT2D eigenvalue weighted by Crippen LogP contribution is 2.29. The summed E-state index contributed by atoms with van der Waals surface area (Å²) in [6, 6.07) is 27.4. The van der Waals surface area contributed by atoms with Gasteiger partial charge in [0.05, 0.1) is 0 Å². The van der Waals surface area contributed by atoms with Crippen LogP contribution in [0.3, 0.4) is 0 Å². The zero-order chi connectivity index (χ0) is 30.2. The first kappa shape index (κ1) is 30.4. The summed E-state index contributed by atoms with van der Waals surface area (Å²) in [6.07, 6.45) is 0. The van der Waals surface area contributed by atoms with Crippen molar-refractivity contribution in [3.8, 4) is 22.6 Å². The van der Waals surface area contributed by atoms with E-state index in [1.54, 1.807) is 0 Å². The third-order valence-corrected chi connectivity index (χ3v) is 6.97. The fraction of sp³-hybridized carbons (Fsp3) is 0.278. The number of carbonyl (C=O) groups is 2. The molecular formula is C36H40N2O4. The molecule has 0 spiro atoms. The van der Waals surface area contributed by atoms with Gasteiger partial charge >= 0.3 is 0 Å². The first-order chi connectivity index (χ1) is 20.1. The number of carbonyl (C=O) groups excluding carboxylic acids is 2. The molecule has 6 heteroatoms. The molecule has 0 aliphatic rings. The molecule has 4 aromatic carbocycles. The molecule has 4 rings (SSSR count). The number of rotatable bonds is 11. The van der Waals surface area contributed by atoms with Gasteiger partial charge in [-0.1, -0.05) is 76.2 Å². The summed E-state index contributed by atoms with van der Waals surface area (Å²) in [5.74, 6) is 1.66. The molecule has 0 aliphatic heterocycles. The molecule has 0 saturated heterocycles. The first-order valence-corrected chi connectivity index (χ1v) is 14.4. The van der Waals surface area contributed by atoms with Gasteiger partial charge in [-0.25, -0.2) is 0 Å². The number of aryl methyl sites for hydroxylation is 2. The maximum absolute atomic E-state index is 12.5. The molecule has 0 aromatic heterocycles. The van der Waals surface area contributed by atoms with E-state index in [1.165, 1.54) is 0 Å². The Balaban J connectivity index is 1.29. The number of benzene rings is 4. The molecule has 218 valence electrons. The van der Waals surface area contributed by atoms with Crippen LogP contribution >= 0.6 is 0 Å². The molecule has 0 saturated carbocycles. The highest BCUT2D eigenvalue weighted by atomic mass is 16.5. The summed E-state index contributed by atoms with van der Waals surface area (Å²) < 4.78 is 11.7. The Morgan fingerprint density at radius 1 is 0.571 bits per heavy atom. The van der Waals surface area contributed by atoms with Crippen LogP contribution in [0.2, 0.25) is 0 Å². The van der Waals surface area contributed by atoms with Crippen molar-refractivity contribution in [1.29, 1.82) is 0 Å². The van der Waals surface area contributed by atoms with Crippen molar-refractivity contribution >= 4 is 23.2 Å². The Morgan fingerprint density at radius 2 is 0.929 bits per heavy atom. The summed E-state index contributed by atoms with van der Waals surface area (Å²) in [7, 11) is 0. The fourth-order valence-electron chi connectivity index (χ4n) is 4.66. The van der Waals surface area contributed by atoms with Gasteiger partial charge in [0.25, 0.3) is 11.8 Å². The second-order valence-electron chi connectivity index (χ2n) is 11.2. The fourth-order valence-corrected chi connectivity index (χ4v) is 4.66. The normalized spacial score (nSPS) is 11.0. The van der Waals surface area contributed by atoms with Crippen LogP contribution in [0.4, 0.5) is 11.4 Å². The van der Waals surface area contributed by atoms with E-state index in [9.17, 15) is 9.59 Å². The van der Waals surface area contributed by atoms with Crippen LogP contribution in [0, 0.1) is 13.8 Å². The largest absolute Gasteiger partial charge is 0.483 e. The zero-order valence-electron chi connectivity index (χ0n) is 25.3. The minimum absolute atomic E-state index is 0.0625. The van der Waals surface area contributed by atoms with Crippen LogP contribution in [0.25, 0.3) is 11.1 Å². The first-order valence-electron chi connectivity index (χ1n) is 14.4. The van der Waals surface area contributed by atoms with E-state index < -0.39 is 0 Å². The third kappa shape index (κ3) is 8.23. The van der Waals surface area contributed by atoms with Gasteiger partial charge in [0.15, 0.2) is 13.2 Å². The predicted octanol–water partition coefficient (Wildman–Crippen LogP) is 8.25. The lowest BCUT2D eigenvalue weighted by molar-refractivity contribution is -0.118. The number of anilines is 2. The van der Waals surface area contributed by atoms with Gasteiger partial charge < -0.3 is 20.1 Å². The van der Waals surface area contributed by atoms with Crippen molar-refractivity contribution in [1.82, 2.24) is 0 Å². The molecule has 2 amide bonds. The molecule has 0 atom stereocenters. The summed E-state index contributed by atoms with van der Waals surface area (Å²) >= 11 is 0. The van der Waals surface area contributed by atoms with E-state index >= 15 is 0 Å². The zero-order valence-corrected chi connectivity index (χ0v) is 25.3. The molecule has 0 bridgehead atoms. The SMILES string of the molecule is Cc1ccc(C(C)C)c(OCC(=O)Nc2ccc(-c3ccc(NC(=O)COc4cc(C)ccc4C(C)C)cc3)cc2)c1. The molecule has 0 heterocycles. The van der Waals surface area contributed by atoms with Gasteiger partial charge in [0.2, 0.25) is 0 Å². The lowest BCUT2D eigenvalue weighted by Crippen LogP contribution is -2.20. The molecule has 6 nitrogen and oxygen atoms in total. The van der Waals surface area contributed by atoms with Crippen molar-refractivity contribution < 1.29 is 19.1 Å². The average molecular weight is 565 g/mol. The van der Waals surface area contributed by atoms with Crippen molar-refractivity contribution in [2.45, 2.75) is 53.4 Å². The van der Waals surface area contributed by atoms with Gasteiger partial charge in [0, 0.05) is 11.4 Å². The van der Waals surface area contributed by atoms with Crippen LogP contribution in [0.5, 0.6) is 11.5 Å². The van der Waals surface area contributed by atoms with Crippen LogP contribution in [0.15, 0.2) is 84.9 Å². The number of ether oxygens (including phenoxy) is 2. The molecule has 4 aromatic rings. The number of amides is 2. The number of hydrogen-bond donors (Lipinski definition) is 2. The average Bonchev–Trinajstić information content (AvgIpc) is 2.95. The molecule has 2 N–H and O–H groups in total. The maximum Gasteiger partial charge on any atom is 0.262 e. The summed E-state index contributed by atoms with van der Waals surface area (Å²) in [5.41, 5.74) is 7.72. The van der Waals surface area contributed by atoms with Crippen molar-refractivity contribution in [3.05, 3.63) is 107 Å². The van der Waals surface area contributed by atoms with E-state index in [4.69, 9.17) is 9.47 Å². The van der Waals surface area contributed by atoms with Gasteiger partial charge in [-0.15, -0.1) is 0 Å². The Morgan fingerprint density at radius 3 is 1.26 bits per heavy atom. The number of nitrogens with one attached hydrogen (secondary N) is 2. The Bertz CT molecular complexity index is 1410. The van der Waals surface area contributed by atoms with Gasteiger partial charge in [0.1, 0.15) is 11.5 Å². The third-order valence-electron chi connectivity index (χ3n) is 6.97. The second-order valence-corrected chi connectivity index (χ2v) is 11.2. The van der Waals surface area contributed by atoms with Crippen molar-refractivity contribution in [3.63, 3.8) is 0 Å². The Labute approximate surface area is 249 Å². The molecule has 0 unspecified atom stereocenters. The molecular weight excluding hydrogens is 524 g/mol. The van der Waals surface area contributed by atoms with E-state index in [0.29, 0.717) is 23.2 Å². The maximum atomic E-state index is 12.5. The minimum Gasteiger partial charge on any atom is -0.483 e. The second kappa shape index (κ2) is 13.9. The minimum atomic E-state index is -0.217. The highest BCUT2D eigenvalue weighted by molar-refractivity contribution is 5.93. The lowest BCUT2D eigenvalue weighted by Gasteiger charge is -2.15. The highest BCUT2D eigenvalue weighted by Gasteiger charge is 2.12. The molecule has 0 radical (unpaired) electrons. The van der Waals surface area contributed by atoms with E-state index in [0.717, 1.165) is 44.9 Å². The topological polar surface area (TPSA) is 76.7 Å². The Hall–Kier alpha value is -4.58. The smallest absolute Gasteiger partial charge is 0.262 e. The molecule has 0 fully saturated rings. The van der Waals surface area contributed by atoms with Crippen LogP contribution in [-0.2, 0) is 9.59 Å². The monoisotopic (exact) mass is 564 g/mol. The van der Waals surface area contributed by atoms with Crippen LogP contribution < -0.4 is 20.1 Å². The van der Waals surface area contributed by atoms with Gasteiger partial charge in [-0.2, -0.15) is 0 Å². The van der Waals surface area contributed by atoms with Crippen LogP contribution in [-0.4, -0.2) is 25.0 Å². The number of hydrogen-bond acceptors (Lipinski definition) is 4. The molecule has 0 aliphatic carbocycles. The van der Waals surface area contributed by atoms with E-state index in [-0.39, 0.29) is 25.0 Å². The van der Waals surface area contributed by atoms with Gasteiger partial charge in [-0.3, -0.25) is 9.59 Å². The standard InChI is InChI=1S/C36H40N2O4/c1-23(2)31-17-7-25(5)19-33(31)41-21-35(39)37-29-13-9-27(10-14-29)28-11-15-30(16-12-28)38-36(40)22-42-34-20-26(6)8-18-32(34)24(3)4/h7-20,23-24H,21-22H2,1-6H3,(H,37,39)(H,38,40). The van der Waals surface area contributed by atoms with Gasteiger partial charge in [-0.05, 0) is 95.5 Å². The van der Waals surface area contributed by atoms with Crippen LogP contribution in [0.1, 0.15) is 61.8 Å². The van der Waals surface area contributed by atoms with Crippen molar-refractivity contribution in [2.24, 2.45) is 0 Å². The van der Waals surface area contributed by atoms with E-state index in [1.807, 2.05) is 74.5 Å². The van der Waals surface area contributed by atoms with E-state index in [2.05, 4.69) is 62.6 Å². The summed E-state index contributed by atoms with van der Waals surface area (Å²) in [4.78, 5) is 25.1. The van der Waals surface area contributed by atoms with Crippen molar-refractivity contribution in [2.75, 3.05) is 23.8 Å². The molecule has 42 heavy (non-hydrogen) atoms. The summed E-state index contributed by atoms with van der Waals surface area (Å²) in [5, 5.41) is 5.80.